The Labute approximate surface area is 135 Å². The van der Waals surface area contributed by atoms with Crippen molar-refractivity contribution in [3.8, 4) is 0 Å². The Morgan fingerprint density at radius 1 is 1.14 bits per heavy atom. The molecular weight excluding hydrogens is 308 g/mol. The van der Waals surface area contributed by atoms with Crippen molar-refractivity contribution in [2.75, 3.05) is 6.54 Å². The molecule has 0 aromatic heterocycles. The van der Waals surface area contributed by atoms with Gasteiger partial charge in [0.05, 0.1) is 0 Å². The average molecular weight is 326 g/mol. The van der Waals surface area contributed by atoms with Crippen LogP contribution >= 0.6 is 23.2 Å². The van der Waals surface area contributed by atoms with Gasteiger partial charge in [-0.2, -0.15) is 0 Å². The molecule has 0 amide bonds. The smallest absolute Gasteiger partial charge is 0.123 e. The number of benzene rings is 2. The minimum atomic E-state index is -0.223. The summed E-state index contributed by atoms with van der Waals surface area (Å²) in [5.41, 5.74) is 1.88. The van der Waals surface area contributed by atoms with Crippen LogP contribution < -0.4 is 5.32 Å². The van der Waals surface area contributed by atoms with Crippen LogP contribution in [0.5, 0.6) is 0 Å². The van der Waals surface area contributed by atoms with Gasteiger partial charge in [-0.25, -0.2) is 4.39 Å². The van der Waals surface area contributed by atoms with Crippen molar-refractivity contribution in [3.05, 3.63) is 69.5 Å². The van der Waals surface area contributed by atoms with Crippen LogP contribution in [0.25, 0.3) is 0 Å². The van der Waals surface area contributed by atoms with Gasteiger partial charge in [-0.1, -0.05) is 42.3 Å². The summed E-state index contributed by atoms with van der Waals surface area (Å²) in [4.78, 5) is 0. The van der Waals surface area contributed by atoms with Crippen LogP contribution in [0.15, 0.2) is 42.5 Å². The molecule has 112 valence electrons. The normalized spacial score (nSPS) is 12.4. The lowest BCUT2D eigenvalue weighted by atomic mass is 9.98. The SMILES string of the molecule is CCCNC(Cc1cccc(F)c1)c1cc(Cl)ccc1Cl. The number of rotatable bonds is 6. The van der Waals surface area contributed by atoms with E-state index in [0.717, 1.165) is 24.1 Å². The maximum atomic E-state index is 13.3. The van der Waals surface area contributed by atoms with Gasteiger partial charge >= 0.3 is 0 Å². The van der Waals surface area contributed by atoms with E-state index in [-0.39, 0.29) is 11.9 Å². The lowest BCUT2D eigenvalue weighted by molar-refractivity contribution is 0.527. The van der Waals surface area contributed by atoms with E-state index >= 15 is 0 Å². The Hall–Kier alpha value is -1.09. The van der Waals surface area contributed by atoms with Gasteiger partial charge in [-0.05, 0) is 60.8 Å². The molecule has 0 aliphatic rings. The van der Waals surface area contributed by atoms with Crippen molar-refractivity contribution < 1.29 is 4.39 Å². The zero-order chi connectivity index (χ0) is 15.2. The Kier molecular flexibility index (Phi) is 6.04. The van der Waals surface area contributed by atoms with Crippen molar-refractivity contribution in [2.45, 2.75) is 25.8 Å². The second kappa shape index (κ2) is 7.79. The molecule has 0 aliphatic heterocycles. The molecule has 0 bridgehead atoms. The van der Waals surface area contributed by atoms with E-state index < -0.39 is 0 Å². The molecule has 1 atom stereocenters. The zero-order valence-electron chi connectivity index (χ0n) is 11.9. The summed E-state index contributed by atoms with van der Waals surface area (Å²) in [7, 11) is 0. The molecule has 2 aromatic rings. The van der Waals surface area contributed by atoms with Crippen molar-refractivity contribution in [1.29, 1.82) is 0 Å². The van der Waals surface area contributed by atoms with Crippen LogP contribution in [0.3, 0.4) is 0 Å². The van der Waals surface area contributed by atoms with Crippen molar-refractivity contribution in [3.63, 3.8) is 0 Å². The largest absolute Gasteiger partial charge is 0.310 e. The van der Waals surface area contributed by atoms with Crippen molar-refractivity contribution in [1.82, 2.24) is 5.32 Å². The van der Waals surface area contributed by atoms with Gasteiger partial charge in [0.15, 0.2) is 0 Å². The molecule has 21 heavy (non-hydrogen) atoms. The van der Waals surface area contributed by atoms with Crippen LogP contribution in [0.2, 0.25) is 10.0 Å². The Morgan fingerprint density at radius 3 is 2.67 bits per heavy atom. The van der Waals surface area contributed by atoms with Crippen LogP contribution in [0, 0.1) is 5.82 Å². The predicted octanol–water partition coefficient (Wildman–Crippen LogP) is 5.42. The third-order valence-corrected chi connectivity index (χ3v) is 3.88. The highest BCUT2D eigenvalue weighted by Crippen LogP contribution is 2.28. The summed E-state index contributed by atoms with van der Waals surface area (Å²) < 4.78 is 13.3. The Morgan fingerprint density at radius 2 is 1.95 bits per heavy atom. The average Bonchev–Trinajstić information content (AvgIpc) is 2.46. The van der Waals surface area contributed by atoms with Gasteiger partial charge in [0.1, 0.15) is 5.82 Å². The van der Waals surface area contributed by atoms with E-state index in [9.17, 15) is 4.39 Å². The summed E-state index contributed by atoms with van der Waals surface area (Å²) in [6.45, 7) is 2.97. The Bertz CT molecular complexity index is 601. The van der Waals surface area contributed by atoms with Crippen LogP contribution in [-0.2, 0) is 6.42 Å². The molecular formula is C17H18Cl2FN. The van der Waals surface area contributed by atoms with E-state index in [1.165, 1.54) is 6.07 Å². The monoisotopic (exact) mass is 325 g/mol. The van der Waals surface area contributed by atoms with Crippen LogP contribution in [-0.4, -0.2) is 6.54 Å². The number of hydrogen-bond donors (Lipinski definition) is 1. The van der Waals surface area contributed by atoms with Gasteiger partial charge in [0.25, 0.3) is 0 Å². The maximum Gasteiger partial charge on any atom is 0.123 e. The first-order chi connectivity index (χ1) is 10.1. The molecule has 0 radical (unpaired) electrons. The number of halogens is 3. The van der Waals surface area contributed by atoms with Gasteiger partial charge in [0.2, 0.25) is 0 Å². The summed E-state index contributed by atoms with van der Waals surface area (Å²) >= 11 is 12.4. The van der Waals surface area contributed by atoms with E-state index in [2.05, 4.69) is 12.2 Å². The first-order valence-corrected chi connectivity index (χ1v) is 7.78. The highest BCUT2D eigenvalue weighted by atomic mass is 35.5. The topological polar surface area (TPSA) is 12.0 Å². The fraction of sp³-hybridized carbons (Fsp3) is 0.294. The third-order valence-electron chi connectivity index (χ3n) is 3.30. The van der Waals surface area contributed by atoms with E-state index in [4.69, 9.17) is 23.2 Å². The zero-order valence-corrected chi connectivity index (χ0v) is 13.4. The fourth-order valence-corrected chi connectivity index (χ4v) is 2.72. The molecule has 2 rings (SSSR count). The fourth-order valence-electron chi connectivity index (χ4n) is 2.29. The summed E-state index contributed by atoms with van der Waals surface area (Å²) in [6.07, 6.45) is 1.68. The quantitative estimate of drug-likeness (QED) is 0.748. The lowest BCUT2D eigenvalue weighted by Gasteiger charge is -2.20. The molecule has 0 fully saturated rings. The van der Waals surface area contributed by atoms with Crippen molar-refractivity contribution in [2.24, 2.45) is 0 Å². The van der Waals surface area contributed by atoms with Crippen LogP contribution in [0.4, 0.5) is 4.39 Å². The third kappa shape index (κ3) is 4.70. The summed E-state index contributed by atoms with van der Waals surface area (Å²) in [6, 6.07) is 12.1. The number of nitrogens with one attached hydrogen (secondary N) is 1. The maximum absolute atomic E-state index is 13.3. The van der Waals surface area contributed by atoms with Crippen LogP contribution in [0.1, 0.15) is 30.5 Å². The molecule has 0 aliphatic carbocycles. The number of hydrogen-bond acceptors (Lipinski definition) is 1. The minimum absolute atomic E-state index is 0.0120. The molecule has 0 heterocycles. The van der Waals surface area contributed by atoms with Gasteiger partial charge in [-0.3, -0.25) is 0 Å². The summed E-state index contributed by atoms with van der Waals surface area (Å²) in [5, 5.41) is 4.78. The van der Waals surface area contributed by atoms with E-state index in [1.54, 1.807) is 24.3 Å². The molecule has 1 N–H and O–H groups in total. The highest BCUT2D eigenvalue weighted by Gasteiger charge is 2.15. The molecule has 1 nitrogen and oxygen atoms in total. The molecule has 0 spiro atoms. The summed E-state index contributed by atoms with van der Waals surface area (Å²) in [5.74, 6) is -0.223. The molecule has 0 saturated carbocycles. The molecule has 2 aromatic carbocycles. The molecule has 4 heteroatoms. The predicted molar refractivity (Wildman–Crippen MR) is 87.6 cm³/mol. The first kappa shape index (κ1) is 16.3. The van der Waals surface area contributed by atoms with Crippen molar-refractivity contribution >= 4 is 23.2 Å². The molecule has 0 saturated heterocycles. The Balaban J connectivity index is 2.27. The van der Waals surface area contributed by atoms with Gasteiger partial charge in [-0.15, -0.1) is 0 Å². The standard InChI is InChI=1S/C17H18Cl2FN/c1-2-8-21-17(10-12-4-3-5-14(20)9-12)15-11-13(18)6-7-16(15)19/h3-7,9,11,17,21H,2,8,10H2,1H3. The second-order valence-corrected chi connectivity index (χ2v) is 5.85. The van der Waals surface area contributed by atoms with E-state index in [1.807, 2.05) is 12.1 Å². The first-order valence-electron chi connectivity index (χ1n) is 7.03. The van der Waals surface area contributed by atoms with Gasteiger partial charge in [0, 0.05) is 16.1 Å². The highest BCUT2D eigenvalue weighted by molar-refractivity contribution is 6.33. The minimum Gasteiger partial charge on any atom is -0.310 e. The van der Waals surface area contributed by atoms with Gasteiger partial charge < -0.3 is 5.32 Å². The molecule has 1 unspecified atom stereocenters. The lowest BCUT2D eigenvalue weighted by Crippen LogP contribution is -2.24. The van der Waals surface area contributed by atoms with E-state index in [0.29, 0.717) is 16.5 Å². The second-order valence-electron chi connectivity index (χ2n) is 5.01.